The van der Waals surface area contributed by atoms with Crippen LogP contribution >= 0.6 is 15.9 Å². The van der Waals surface area contributed by atoms with Crippen LogP contribution in [0.1, 0.15) is 17.0 Å². The van der Waals surface area contributed by atoms with Crippen LogP contribution in [0.5, 0.6) is 0 Å². The largest absolute Gasteiger partial charge is 0.366 e. The fourth-order valence-corrected chi connectivity index (χ4v) is 2.38. The number of benzene rings is 1. The molecule has 0 radical (unpaired) electrons. The second-order valence-corrected chi connectivity index (χ2v) is 5.29. The van der Waals surface area contributed by atoms with E-state index in [2.05, 4.69) is 20.5 Å². The fourth-order valence-electron chi connectivity index (χ4n) is 2.12. The molecule has 3 nitrogen and oxygen atoms in total. The molecule has 2 N–H and O–H groups in total. The number of halogens is 1. The van der Waals surface area contributed by atoms with Crippen LogP contribution in [0.2, 0.25) is 0 Å². The van der Waals surface area contributed by atoms with Crippen molar-refractivity contribution in [2.24, 2.45) is 5.73 Å². The second-order valence-electron chi connectivity index (χ2n) is 4.37. The van der Waals surface area contributed by atoms with Gasteiger partial charge in [0.1, 0.15) is 0 Å². The summed E-state index contributed by atoms with van der Waals surface area (Å²) in [6, 6.07) is 10.1. The lowest BCUT2D eigenvalue weighted by Gasteiger charge is -2.09. The van der Waals surface area contributed by atoms with Crippen molar-refractivity contribution in [1.82, 2.24) is 4.57 Å². The van der Waals surface area contributed by atoms with Crippen molar-refractivity contribution in [3.05, 3.63) is 57.8 Å². The molecule has 2 rings (SSSR count). The summed E-state index contributed by atoms with van der Waals surface area (Å²) in [5, 5.41) is 0. The Kier molecular flexibility index (Phi) is 3.90. The molecular formula is C15H15BrN2O. The Balaban J connectivity index is 2.47. The summed E-state index contributed by atoms with van der Waals surface area (Å²) in [6.45, 7) is 4.06. The average Bonchev–Trinajstić information content (AvgIpc) is 2.63. The van der Waals surface area contributed by atoms with E-state index >= 15 is 0 Å². The number of hydrogen-bond donors (Lipinski definition) is 1. The zero-order valence-electron chi connectivity index (χ0n) is 10.9. The molecule has 98 valence electrons. The summed E-state index contributed by atoms with van der Waals surface area (Å²) >= 11 is 3.43. The van der Waals surface area contributed by atoms with Crippen LogP contribution in [0.3, 0.4) is 0 Å². The van der Waals surface area contributed by atoms with Crippen LogP contribution < -0.4 is 5.73 Å². The lowest BCUT2D eigenvalue weighted by atomic mass is 10.2. The van der Waals surface area contributed by atoms with Crippen molar-refractivity contribution in [2.45, 2.75) is 13.8 Å². The predicted octanol–water partition coefficient (Wildman–Crippen LogP) is 3.36. The molecule has 1 heterocycles. The van der Waals surface area contributed by atoms with Crippen LogP contribution in [0.25, 0.3) is 11.8 Å². The molecule has 1 amide bonds. The topological polar surface area (TPSA) is 48.0 Å². The summed E-state index contributed by atoms with van der Waals surface area (Å²) in [5.41, 5.74) is 9.41. The molecule has 19 heavy (non-hydrogen) atoms. The lowest BCUT2D eigenvalue weighted by molar-refractivity contribution is -0.113. The van der Waals surface area contributed by atoms with Crippen LogP contribution in [0, 0.1) is 13.8 Å². The van der Waals surface area contributed by atoms with Gasteiger partial charge in [-0.05, 0) is 55.8 Å². The van der Waals surface area contributed by atoms with Gasteiger partial charge in [0.25, 0.3) is 0 Å². The highest BCUT2D eigenvalue weighted by atomic mass is 79.9. The number of aryl methyl sites for hydroxylation is 1. The minimum Gasteiger partial charge on any atom is -0.366 e. The number of primary amides is 1. The molecule has 0 spiro atoms. The van der Waals surface area contributed by atoms with Gasteiger partial charge >= 0.3 is 0 Å². The number of nitrogens with zero attached hydrogens (tertiary/aromatic N) is 1. The molecule has 2 aromatic rings. The third-order valence-electron chi connectivity index (χ3n) is 2.98. The Morgan fingerprint density at radius 1 is 1.26 bits per heavy atom. The van der Waals surface area contributed by atoms with Crippen molar-refractivity contribution in [2.75, 3.05) is 0 Å². The third kappa shape index (κ3) is 2.96. The van der Waals surface area contributed by atoms with Gasteiger partial charge in [-0.1, -0.05) is 15.9 Å². The Hall–Kier alpha value is -1.81. The van der Waals surface area contributed by atoms with Crippen molar-refractivity contribution in [1.29, 1.82) is 0 Å². The molecule has 0 atom stereocenters. The van der Waals surface area contributed by atoms with E-state index in [9.17, 15) is 4.79 Å². The number of nitrogens with two attached hydrogens (primary N) is 1. The van der Waals surface area contributed by atoms with Crippen LogP contribution in [-0.2, 0) is 4.79 Å². The van der Waals surface area contributed by atoms with Gasteiger partial charge in [-0.25, -0.2) is 0 Å². The second kappa shape index (κ2) is 5.45. The van der Waals surface area contributed by atoms with E-state index in [-0.39, 0.29) is 0 Å². The first-order valence-corrected chi connectivity index (χ1v) is 6.71. The first-order valence-electron chi connectivity index (χ1n) is 5.91. The normalized spacial score (nSPS) is 11.1. The monoisotopic (exact) mass is 318 g/mol. The molecule has 0 aliphatic rings. The molecule has 0 fully saturated rings. The molecule has 0 saturated heterocycles. The summed E-state index contributed by atoms with van der Waals surface area (Å²) in [7, 11) is 0. The quantitative estimate of drug-likeness (QED) is 0.867. The summed E-state index contributed by atoms with van der Waals surface area (Å²) in [4.78, 5) is 10.8. The minimum atomic E-state index is -0.437. The zero-order valence-corrected chi connectivity index (χ0v) is 12.4. The van der Waals surface area contributed by atoms with Crippen molar-refractivity contribution < 1.29 is 4.79 Å². The summed E-state index contributed by atoms with van der Waals surface area (Å²) < 4.78 is 3.19. The zero-order chi connectivity index (χ0) is 14.0. The van der Waals surface area contributed by atoms with Crippen LogP contribution in [0.15, 0.2) is 40.9 Å². The molecule has 0 bridgehead atoms. The van der Waals surface area contributed by atoms with E-state index in [4.69, 9.17) is 5.73 Å². The fraction of sp³-hybridized carbons (Fsp3) is 0.133. The van der Waals surface area contributed by atoms with Crippen LogP contribution in [-0.4, -0.2) is 10.5 Å². The molecule has 0 unspecified atom stereocenters. The van der Waals surface area contributed by atoms with Crippen molar-refractivity contribution >= 4 is 27.9 Å². The van der Waals surface area contributed by atoms with Gasteiger partial charge in [-0.2, -0.15) is 0 Å². The number of aromatic nitrogens is 1. The van der Waals surface area contributed by atoms with E-state index < -0.39 is 5.91 Å². The van der Waals surface area contributed by atoms with Crippen LogP contribution in [0.4, 0.5) is 0 Å². The van der Waals surface area contributed by atoms with Gasteiger partial charge in [-0.3, -0.25) is 4.79 Å². The highest BCUT2D eigenvalue weighted by molar-refractivity contribution is 9.10. The smallest absolute Gasteiger partial charge is 0.241 e. The molecule has 0 aliphatic carbocycles. The Labute approximate surface area is 120 Å². The maximum absolute atomic E-state index is 10.8. The van der Waals surface area contributed by atoms with E-state index in [1.807, 2.05) is 44.2 Å². The number of amides is 1. The van der Waals surface area contributed by atoms with Gasteiger partial charge in [0.2, 0.25) is 5.91 Å². The molecule has 1 aromatic carbocycles. The first kappa shape index (κ1) is 13.6. The maximum Gasteiger partial charge on any atom is 0.241 e. The van der Waals surface area contributed by atoms with Crippen molar-refractivity contribution in [3.8, 4) is 5.69 Å². The number of carbonyl (C=O) groups excluding carboxylic acids is 1. The van der Waals surface area contributed by atoms with Gasteiger partial charge in [0, 0.05) is 27.6 Å². The van der Waals surface area contributed by atoms with E-state index in [1.54, 1.807) is 6.08 Å². The Morgan fingerprint density at radius 3 is 2.47 bits per heavy atom. The number of rotatable bonds is 3. The molecular weight excluding hydrogens is 304 g/mol. The average molecular weight is 319 g/mol. The molecule has 0 saturated carbocycles. The number of hydrogen-bond acceptors (Lipinski definition) is 1. The number of carbonyl (C=O) groups is 1. The predicted molar refractivity (Wildman–Crippen MR) is 81.2 cm³/mol. The summed E-state index contributed by atoms with van der Waals surface area (Å²) in [5.74, 6) is -0.437. The SMILES string of the molecule is Cc1cc(/C=C\C(N)=O)c(C)n1-c1ccc(Br)cc1. The summed E-state index contributed by atoms with van der Waals surface area (Å²) in [6.07, 6.45) is 3.13. The third-order valence-corrected chi connectivity index (χ3v) is 3.51. The molecule has 0 aliphatic heterocycles. The molecule has 1 aromatic heterocycles. The lowest BCUT2D eigenvalue weighted by Crippen LogP contribution is -2.05. The van der Waals surface area contributed by atoms with Gasteiger partial charge in [0.15, 0.2) is 0 Å². The Bertz CT molecular complexity index is 639. The minimum absolute atomic E-state index is 0.437. The molecule has 4 heteroatoms. The van der Waals surface area contributed by atoms with E-state index in [0.29, 0.717) is 0 Å². The van der Waals surface area contributed by atoms with Crippen molar-refractivity contribution in [3.63, 3.8) is 0 Å². The first-order chi connectivity index (χ1) is 8.99. The maximum atomic E-state index is 10.8. The van der Waals surface area contributed by atoms with E-state index in [1.165, 1.54) is 6.08 Å². The highest BCUT2D eigenvalue weighted by Gasteiger charge is 2.08. The van der Waals surface area contributed by atoms with Gasteiger partial charge < -0.3 is 10.3 Å². The highest BCUT2D eigenvalue weighted by Crippen LogP contribution is 2.23. The Morgan fingerprint density at radius 2 is 1.89 bits per heavy atom. The van der Waals surface area contributed by atoms with E-state index in [0.717, 1.165) is 27.1 Å². The van der Waals surface area contributed by atoms with Gasteiger partial charge in [-0.15, -0.1) is 0 Å². The van der Waals surface area contributed by atoms with Gasteiger partial charge in [0.05, 0.1) is 0 Å². The standard InChI is InChI=1S/C15H15BrN2O/c1-10-9-12(3-8-15(17)19)11(2)18(10)14-6-4-13(16)5-7-14/h3-9H,1-2H3,(H2,17,19)/b8-3-.